The topological polar surface area (TPSA) is 54.3 Å². The van der Waals surface area contributed by atoms with Gasteiger partial charge >= 0.3 is 6.03 Å². The van der Waals surface area contributed by atoms with Gasteiger partial charge in [-0.05, 0) is 30.5 Å². The zero-order chi connectivity index (χ0) is 13.8. The zero-order valence-corrected chi connectivity index (χ0v) is 11.3. The first kappa shape index (κ1) is 12.8. The van der Waals surface area contributed by atoms with Crippen LogP contribution in [-0.2, 0) is 12.0 Å². The predicted octanol–water partition coefficient (Wildman–Crippen LogP) is 2.81. The molecule has 2 N–H and O–H groups in total. The predicted molar refractivity (Wildman–Crippen MR) is 76.3 cm³/mol. The van der Waals surface area contributed by atoms with Crippen LogP contribution < -0.4 is 10.6 Å². The van der Waals surface area contributed by atoms with Gasteiger partial charge in [0.1, 0.15) is 5.76 Å². The fourth-order valence-electron chi connectivity index (χ4n) is 2.40. The molecule has 0 atom stereocenters. The van der Waals surface area contributed by atoms with Crippen LogP contribution in [0.15, 0.2) is 53.1 Å². The fraction of sp³-hybridized carbons (Fsp3) is 0.312. The van der Waals surface area contributed by atoms with Crippen molar-refractivity contribution in [1.82, 2.24) is 10.6 Å². The molecular weight excluding hydrogens is 252 g/mol. The number of carbonyl (C=O) groups is 1. The Bertz CT molecular complexity index is 559. The first-order chi connectivity index (χ1) is 9.78. The van der Waals surface area contributed by atoms with Crippen molar-refractivity contribution in [2.45, 2.75) is 24.8 Å². The van der Waals surface area contributed by atoms with Crippen molar-refractivity contribution in [1.29, 1.82) is 0 Å². The minimum atomic E-state index is -0.149. The highest BCUT2D eigenvalue weighted by Gasteiger charge is 2.44. The van der Waals surface area contributed by atoms with Crippen molar-refractivity contribution in [3.63, 3.8) is 0 Å². The van der Waals surface area contributed by atoms with Crippen LogP contribution in [0.4, 0.5) is 4.79 Å². The van der Waals surface area contributed by atoms with E-state index < -0.39 is 0 Å². The number of benzene rings is 1. The fourth-order valence-corrected chi connectivity index (χ4v) is 2.40. The number of hydrogen-bond acceptors (Lipinski definition) is 2. The Morgan fingerprint density at radius 2 is 1.90 bits per heavy atom. The molecule has 2 amide bonds. The van der Waals surface area contributed by atoms with Gasteiger partial charge in [-0.25, -0.2) is 4.79 Å². The maximum absolute atomic E-state index is 11.8. The highest BCUT2D eigenvalue weighted by atomic mass is 16.3. The van der Waals surface area contributed by atoms with E-state index in [0.29, 0.717) is 13.1 Å². The summed E-state index contributed by atoms with van der Waals surface area (Å²) >= 11 is 0. The maximum atomic E-state index is 11.8. The van der Waals surface area contributed by atoms with E-state index in [1.807, 2.05) is 30.3 Å². The molecule has 1 fully saturated rings. The van der Waals surface area contributed by atoms with Gasteiger partial charge < -0.3 is 15.1 Å². The summed E-state index contributed by atoms with van der Waals surface area (Å²) < 4.78 is 5.17. The van der Waals surface area contributed by atoms with Gasteiger partial charge in [0.15, 0.2) is 0 Å². The molecule has 1 heterocycles. The lowest BCUT2D eigenvalue weighted by molar-refractivity contribution is 0.238. The van der Waals surface area contributed by atoms with E-state index in [2.05, 4.69) is 22.8 Å². The monoisotopic (exact) mass is 270 g/mol. The van der Waals surface area contributed by atoms with Crippen molar-refractivity contribution in [3.05, 3.63) is 60.1 Å². The van der Waals surface area contributed by atoms with Crippen LogP contribution >= 0.6 is 0 Å². The Hall–Kier alpha value is -2.23. The largest absolute Gasteiger partial charge is 0.467 e. The SMILES string of the molecule is O=C(NCc1ccco1)NCC1(c2ccccc2)CC1. The van der Waals surface area contributed by atoms with E-state index in [9.17, 15) is 4.79 Å². The summed E-state index contributed by atoms with van der Waals surface area (Å²) in [6, 6.07) is 13.9. The molecule has 0 unspecified atom stereocenters. The molecule has 0 spiro atoms. The average Bonchev–Trinajstić information content (AvgIpc) is 3.11. The van der Waals surface area contributed by atoms with Crippen molar-refractivity contribution in [2.75, 3.05) is 6.54 Å². The average molecular weight is 270 g/mol. The summed E-state index contributed by atoms with van der Waals surface area (Å²) in [7, 11) is 0. The lowest BCUT2D eigenvalue weighted by Gasteiger charge is -2.16. The van der Waals surface area contributed by atoms with E-state index in [1.54, 1.807) is 6.26 Å². The smallest absolute Gasteiger partial charge is 0.315 e. The van der Waals surface area contributed by atoms with E-state index in [1.165, 1.54) is 5.56 Å². The molecule has 20 heavy (non-hydrogen) atoms. The second-order valence-corrected chi connectivity index (χ2v) is 5.26. The summed E-state index contributed by atoms with van der Waals surface area (Å²) in [4.78, 5) is 11.8. The minimum absolute atomic E-state index is 0.142. The van der Waals surface area contributed by atoms with Crippen molar-refractivity contribution >= 4 is 6.03 Å². The molecule has 0 aliphatic heterocycles. The number of hydrogen-bond donors (Lipinski definition) is 2. The minimum Gasteiger partial charge on any atom is -0.467 e. The molecule has 1 aliphatic carbocycles. The van der Waals surface area contributed by atoms with Gasteiger partial charge in [-0.15, -0.1) is 0 Å². The van der Waals surface area contributed by atoms with Gasteiger partial charge in [0.25, 0.3) is 0 Å². The number of rotatable bonds is 5. The highest BCUT2D eigenvalue weighted by molar-refractivity contribution is 5.74. The second kappa shape index (κ2) is 5.41. The summed E-state index contributed by atoms with van der Waals surface area (Å²) in [5.74, 6) is 0.754. The molecule has 0 bridgehead atoms. The molecular formula is C16H18N2O2. The van der Waals surface area contributed by atoms with Crippen molar-refractivity contribution in [2.24, 2.45) is 0 Å². The molecule has 1 aromatic heterocycles. The van der Waals surface area contributed by atoms with Crippen LogP contribution in [0.3, 0.4) is 0 Å². The van der Waals surface area contributed by atoms with E-state index in [4.69, 9.17) is 4.42 Å². The van der Waals surface area contributed by atoms with Crippen LogP contribution in [0.2, 0.25) is 0 Å². The van der Waals surface area contributed by atoms with Crippen LogP contribution in [0.1, 0.15) is 24.2 Å². The number of nitrogens with one attached hydrogen (secondary N) is 2. The highest BCUT2D eigenvalue weighted by Crippen LogP contribution is 2.47. The quantitative estimate of drug-likeness (QED) is 0.877. The van der Waals surface area contributed by atoms with Gasteiger partial charge in [-0.2, -0.15) is 0 Å². The van der Waals surface area contributed by atoms with Crippen LogP contribution in [0, 0.1) is 0 Å². The summed E-state index contributed by atoms with van der Waals surface area (Å²) in [6.07, 6.45) is 3.87. The van der Waals surface area contributed by atoms with Crippen LogP contribution in [0.25, 0.3) is 0 Å². The number of carbonyl (C=O) groups excluding carboxylic acids is 1. The van der Waals surface area contributed by atoms with Gasteiger partial charge in [0.05, 0.1) is 12.8 Å². The van der Waals surface area contributed by atoms with Crippen molar-refractivity contribution in [3.8, 4) is 0 Å². The van der Waals surface area contributed by atoms with E-state index in [-0.39, 0.29) is 11.4 Å². The Morgan fingerprint density at radius 1 is 1.10 bits per heavy atom. The standard InChI is InChI=1S/C16H18N2O2/c19-15(17-11-14-7-4-10-20-14)18-12-16(8-9-16)13-5-2-1-3-6-13/h1-7,10H,8-9,11-12H2,(H2,17,18,19). The second-order valence-electron chi connectivity index (χ2n) is 5.26. The van der Waals surface area contributed by atoms with Crippen LogP contribution in [0.5, 0.6) is 0 Å². The van der Waals surface area contributed by atoms with Crippen molar-refractivity contribution < 1.29 is 9.21 Å². The van der Waals surface area contributed by atoms with E-state index in [0.717, 1.165) is 18.6 Å². The van der Waals surface area contributed by atoms with E-state index >= 15 is 0 Å². The molecule has 3 rings (SSSR count). The molecule has 104 valence electrons. The van der Waals surface area contributed by atoms with Gasteiger partial charge in [-0.3, -0.25) is 0 Å². The number of furan rings is 1. The first-order valence-electron chi connectivity index (χ1n) is 6.88. The normalized spacial score (nSPS) is 15.6. The first-order valence-corrected chi connectivity index (χ1v) is 6.88. The molecule has 1 aromatic carbocycles. The molecule has 1 aliphatic rings. The molecule has 4 nitrogen and oxygen atoms in total. The molecule has 0 saturated heterocycles. The molecule has 4 heteroatoms. The third kappa shape index (κ3) is 2.85. The molecule has 1 saturated carbocycles. The maximum Gasteiger partial charge on any atom is 0.315 e. The number of amides is 2. The molecule has 0 radical (unpaired) electrons. The molecule has 2 aromatic rings. The Labute approximate surface area is 118 Å². The third-order valence-electron chi connectivity index (χ3n) is 3.83. The Morgan fingerprint density at radius 3 is 2.55 bits per heavy atom. The zero-order valence-electron chi connectivity index (χ0n) is 11.3. The Kier molecular flexibility index (Phi) is 3.46. The summed E-state index contributed by atoms with van der Waals surface area (Å²) in [6.45, 7) is 1.10. The van der Waals surface area contributed by atoms with Gasteiger partial charge in [0, 0.05) is 12.0 Å². The number of urea groups is 1. The van der Waals surface area contributed by atoms with Gasteiger partial charge in [0.2, 0.25) is 0 Å². The summed E-state index contributed by atoms with van der Waals surface area (Å²) in [5, 5.41) is 5.75. The van der Waals surface area contributed by atoms with Crippen LogP contribution in [-0.4, -0.2) is 12.6 Å². The summed E-state index contributed by atoms with van der Waals surface area (Å²) in [5.41, 5.74) is 1.45. The Balaban J connectivity index is 1.48. The van der Waals surface area contributed by atoms with Gasteiger partial charge in [-0.1, -0.05) is 30.3 Å². The lowest BCUT2D eigenvalue weighted by atomic mass is 9.96. The third-order valence-corrected chi connectivity index (χ3v) is 3.83. The lowest BCUT2D eigenvalue weighted by Crippen LogP contribution is -2.39.